The van der Waals surface area contributed by atoms with E-state index in [1.807, 2.05) is 0 Å². The van der Waals surface area contributed by atoms with Crippen LogP contribution in [0.15, 0.2) is 18.3 Å². The van der Waals surface area contributed by atoms with Crippen LogP contribution in [0.3, 0.4) is 0 Å². The molecule has 2 atom stereocenters. The lowest BCUT2D eigenvalue weighted by Gasteiger charge is -2.42. The second-order valence-electron chi connectivity index (χ2n) is 7.31. The maximum Gasteiger partial charge on any atom is 0.248 e. The Morgan fingerprint density at radius 2 is 1.88 bits per heavy atom. The van der Waals surface area contributed by atoms with Gasteiger partial charge in [0.2, 0.25) is 5.92 Å². The molecule has 2 rings (SSSR count). The van der Waals surface area contributed by atoms with E-state index in [4.69, 9.17) is 11.6 Å². The smallest absolute Gasteiger partial charge is 0.248 e. The van der Waals surface area contributed by atoms with Crippen molar-refractivity contribution in [1.82, 2.24) is 9.71 Å². The summed E-state index contributed by atoms with van der Waals surface area (Å²) in [6.45, 7) is 5.39. The van der Waals surface area contributed by atoms with Gasteiger partial charge < -0.3 is 5.11 Å². The Bertz CT molecular complexity index is 595. The molecule has 1 aromatic heterocycles. The predicted octanol–water partition coefficient (Wildman–Crippen LogP) is 3.77. The predicted molar refractivity (Wildman–Crippen MR) is 91.4 cm³/mol. The Balaban J connectivity index is 2.32. The lowest BCUT2D eigenvalue weighted by Crippen LogP contribution is -2.50. The summed E-state index contributed by atoms with van der Waals surface area (Å²) in [6, 6.07) is 2.46. The number of nitrogens with zero attached hydrogens (tertiary/aromatic N) is 1. The summed E-state index contributed by atoms with van der Waals surface area (Å²) in [5.74, 6) is -2.77. The molecule has 1 heterocycles. The van der Waals surface area contributed by atoms with Crippen molar-refractivity contribution in [3.05, 3.63) is 29.0 Å². The molecule has 1 aliphatic carbocycles. The van der Waals surface area contributed by atoms with Gasteiger partial charge in [0.05, 0.1) is 27.4 Å². The third-order valence-electron chi connectivity index (χ3n) is 4.25. The van der Waals surface area contributed by atoms with Gasteiger partial charge in [-0.25, -0.2) is 22.7 Å². The SMILES string of the molecule is CC(C)(C)S(=O)N[C@@H](c1ccc(Cl)nc1)C1(O)CCC(F)(F)CC1. The summed E-state index contributed by atoms with van der Waals surface area (Å²) in [4.78, 5) is 3.99. The van der Waals surface area contributed by atoms with Gasteiger partial charge in [-0.3, -0.25) is 0 Å². The fourth-order valence-electron chi connectivity index (χ4n) is 2.67. The van der Waals surface area contributed by atoms with Crippen LogP contribution in [0.4, 0.5) is 8.78 Å². The molecular formula is C16H23ClF2N2O2S. The first-order chi connectivity index (χ1) is 10.9. The number of aliphatic hydroxyl groups is 1. The first-order valence-corrected chi connectivity index (χ1v) is 9.35. The molecule has 24 heavy (non-hydrogen) atoms. The summed E-state index contributed by atoms with van der Waals surface area (Å²) in [5, 5.41) is 11.3. The quantitative estimate of drug-likeness (QED) is 0.781. The van der Waals surface area contributed by atoms with Gasteiger partial charge in [0, 0.05) is 19.0 Å². The van der Waals surface area contributed by atoms with Gasteiger partial charge in [0.25, 0.3) is 0 Å². The second-order valence-corrected chi connectivity index (χ2v) is 9.69. The third-order valence-corrected chi connectivity index (χ3v) is 6.04. The second kappa shape index (κ2) is 6.94. The minimum Gasteiger partial charge on any atom is -0.388 e. The van der Waals surface area contributed by atoms with E-state index in [0.29, 0.717) is 5.56 Å². The van der Waals surface area contributed by atoms with Crippen LogP contribution in [0.2, 0.25) is 5.15 Å². The summed E-state index contributed by atoms with van der Waals surface area (Å²) in [6.07, 6.45) is 0.517. The van der Waals surface area contributed by atoms with Crippen LogP contribution in [0.5, 0.6) is 0 Å². The monoisotopic (exact) mass is 380 g/mol. The standard InChI is InChI=1S/C16H23ClF2N2O2S/c1-14(2,3)24(23)21-13(11-4-5-12(17)20-10-11)15(22)6-8-16(18,19)9-7-15/h4-5,10,13,21-22H,6-9H2,1-3H3/t13-,24?/m0/s1. The maximum atomic E-state index is 13.5. The number of rotatable bonds is 4. The normalized spacial score (nSPS) is 22.8. The molecule has 0 aliphatic heterocycles. The molecule has 1 aromatic rings. The molecule has 0 bridgehead atoms. The zero-order valence-corrected chi connectivity index (χ0v) is 15.6. The van der Waals surface area contributed by atoms with E-state index in [0.717, 1.165) is 0 Å². The highest BCUT2D eigenvalue weighted by atomic mass is 35.5. The van der Waals surface area contributed by atoms with Gasteiger partial charge in [-0.2, -0.15) is 0 Å². The molecule has 8 heteroatoms. The Morgan fingerprint density at radius 1 is 1.29 bits per heavy atom. The topological polar surface area (TPSA) is 62.2 Å². The first kappa shape index (κ1) is 19.7. The molecule has 4 nitrogen and oxygen atoms in total. The van der Waals surface area contributed by atoms with Crippen molar-refractivity contribution in [2.45, 2.75) is 68.8 Å². The Hall–Kier alpha value is -0.630. The Morgan fingerprint density at radius 3 is 2.33 bits per heavy atom. The number of hydrogen-bond donors (Lipinski definition) is 2. The van der Waals surface area contributed by atoms with Crippen molar-refractivity contribution >= 4 is 22.6 Å². The van der Waals surface area contributed by atoms with E-state index in [9.17, 15) is 18.1 Å². The van der Waals surface area contributed by atoms with E-state index in [-0.39, 0.29) is 18.0 Å². The van der Waals surface area contributed by atoms with Crippen LogP contribution in [0, 0.1) is 0 Å². The third kappa shape index (κ3) is 4.71. The molecule has 1 unspecified atom stereocenters. The molecule has 0 aromatic carbocycles. The van der Waals surface area contributed by atoms with E-state index in [1.165, 1.54) is 6.20 Å². The van der Waals surface area contributed by atoms with E-state index in [2.05, 4.69) is 9.71 Å². The van der Waals surface area contributed by atoms with Crippen LogP contribution in [-0.2, 0) is 11.0 Å². The number of aromatic nitrogens is 1. The summed E-state index contributed by atoms with van der Waals surface area (Å²) < 4.78 is 41.9. The molecule has 2 N–H and O–H groups in total. The number of halogens is 3. The Kier molecular flexibility index (Phi) is 5.69. The van der Waals surface area contributed by atoms with Crippen molar-refractivity contribution in [3.8, 4) is 0 Å². The minimum absolute atomic E-state index is 0.0817. The van der Waals surface area contributed by atoms with Crippen LogP contribution in [-0.4, -0.2) is 30.6 Å². The highest BCUT2D eigenvalue weighted by Crippen LogP contribution is 2.44. The highest BCUT2D eigenvalue weighted by Gasteiger charge is 2.48. The molecule has 136 valence electrons. The molecule has 0 amide bonds. The fraction of sp³-hybridized carbons (Fsp3) is 0.688. The molecule has 1 fully saturated rings. The number of nitrogens with one attached hydrogen (secondary N) is 1. The molecule has 1 aliphatic rings. The summed E-state index contributed by atoms with van der Waals surface area (Å²) in [5.41, 5.74) is -0.845. The average Bonchev–Trinajstić information content (AvgIpc) is 2.48. The van der Waals surface area contributed by atoms with Crippen molar-refractivity contribution in [2.75, 3.05) is 0 Å². The average molecular weight is 381 g/mol. The zero-order valence-electron chi connectivity index (χ0n) is 14.0. The highest BCUT2D eigenvalue weighted by molar-refractivity contribution is 7.84. The number of alkyl halides is 2. The first-order valence-electron chi connectivity index (χ1n) is 7.83. The lowest BCUT2D eigenvalue weighted by molar-refractivity contribution is -0.115. The van der Waals surface area contributed by atoms with Gasteiger partial charge >= 0.3 is 0 Å². The zero-order chi connectivity index (χ0) is 18.2. The molecular weight excluding hydrogens is 358 g/mol. The van der Waals surface area contributed by atoms with E-state index >= 15 is 0 Å². The largest absolute Gasteiger partial charge is 0.388 e. The number of pyridine rings is 1. The molecule has 0 spiro atoms. The maximum absolute atomic E-state index is 13.5. The van der Waals surface area contributed by atoms with Gasteiger partial charge in [-0.05, 0) is 45.2 Å². The van der Waals surface area contributed by atoms with Crippen molar-refractivity contribution in [2.24, 2.45) is 0 Å². The minimum atomic E-state index is -2.77. The lowest BCUT2D eigenvalue weighted by atomic mass is 9.76. The van der Waals surface area contributed by atoms with Crippen LogP contribution < -0.4 is 4.72 Å². The molecule has 0 saturated heterocycles. The van der Waals surface area contributed by atoms with E-state index in [1.54, 1.807) is 32.9 Å². The van der Waals surface area contributed by atoms with Gasteiger partial charge in [-0.1, -0.05) is 17.7 Å². The fourth-order valence-corrected chi connectivity index (χ4v) is 3.70. The van der Waals surface area contributed by atoms with Gasteiger partial charge in [-0.15, -0.1) is 0 Å². The van der Waals surface area contributed by atoms with Gasteiger partial charge in [0.1, 0.15) is 5.15 Å². The summed E-state index contributed by atoms with van der Waals surface area (Å²) >= 11 is 5.80. The van der Waals surface area contributed by atoms with Crippen LogP contribution >= 0.6 is 11.6 Å². The van der Waals surface area contributed by atoms with Gasteiger partial charge in [0.15, 0.2) is 0 Å². The van der Waals surface area contributed by atoms with Crippen molar-refractivity contribution < 1.29 is 18.1 Å². The van der Waals surface area contributed by atoms with Crippen molar-refractivity contribution in [3.63, 3.8) is 0 Å². The number of hydrogen-bond acceptors (Lipinski definition) is 3. The molecule has 0 radical (unpaired) electrons. The Labute approximate surface area is 148 Å². The van der Waals surface area contributed by atoms with E-state index < -0.39 is 46.1 Å². The van der Waals surface area contributed by atoms with Crippen LogP contribution in [0.25, 0.3) is 0 Å². The summed E-state index contributed by atoms with van der Waals surface area (Å²) in [7, 11) is -1.48. The molecule has 1 saturated carbocycles. The van der Waals surface area contributed by atoms with Crippen molar-refractivity contribution in [1.29, 1.82) is 0 Å². The van der Waals surface area contributed by atoms with Crippen LogP contribution in [0.1, 0.15) is 58.1 Å².